The Morgan fingerprint density at radius 2 is 1.71 bits per heavy atom. The van der Waals surface area contributed by atoms with Crippen molar-refractivity contribution in [2.75, 3.05) is 0 Å². The minimum atomic E-state index is -4.37. The molecule has 2 aromatic rings. The van der Waals surface area contributed by atoms with Crippen LogP contribution in [0.1, 0.15) is 17.0 Å². The molecule has 1 aromatic heterocycles. The van der Waals surface area contributed by atoms with Crippen molar-refractivity contribution < 1.29 is 13.2 Å². The zero-order valence-electron chi connectivity index (χ0n) is 8.75. The van der Waals surface area contributed by atoms with Crippen molar-refractivity contribution in [2.45, 2.75) is 12.6 Å². The molecule has 0 fully saturated rings. The van der Waals surface area contributed by atoms with E-state index in [-0.39, 0.29) is 0 Å². The number of benzene rings is 1. The zero-order chi connectivity index (χ0) is 12.0. The maximum atomic E-state index is 12.5. The van der Waals surface area contributed by atoms with Crippen LogP contribution < -0.4 is 0 Å². The second-order valence-electron chi connectivity index (χ2n) is 4.02. The molecule has 0 atom stereocenters. The molecule has 3 rings (SSSR count). The lowest BCUT2D eigenvalue weighted by molar-refractivity contribution is -0.141. The van der Waals surface area contributed by atoms with Gasteiger partial charge in [0.2, 0.25) is 0 Å². The second kappa shape index (κ2) is 3.32. The minimum Gasteiger partial charge on any atom is -0.247 e. The first-order valence-electron chi connectivity index (χ1n) is 5.21. The van der Waals surface area contributed by atoms with E-state index in [1.807, 2.05) is 24.3 Å². The molecule has 0 saturated heterocycles. The number of hydrogen-bond acceptors (Lipinski definition) is 1. The lowest BCUT2D eigenvalue weighted by Gasteiger charge is -2.07. The Hall–Kier alpha value is -1.84. The van der Waals surface area contributed by atoms with E-state index in [1.165, 1.54) is 6.07 Å². The van der Waals surface area contributed by atoms with E-state index >= 15 is 0 Å². The molecule has 0 radical (unpaired) electrons. The van der Waals surface area contributed by atoms with Crippen molar-refractivity contribution >= 4 is 0 Å². The monoisotopic (exact) mass is 235 g/mol. The summed E-state index contributed by atoms with van der Waals surface area (Å²) in [4.78, 5) is 3.71. The molecule has 1 heterocycles. The van der Waals surface area contributed by atoms with Crippen molar-refractivity contribution in [3.05, 3.63) is 53.3 Å². The van der Waals surface area contributed by atoms with Gasteiger partial charge in [0.1, 0.15) is 5.69 Å². The molecule has 1 aliphatic carbocycles. The third-order valence-electron chi connectivity index (χ3n) is 2.93. The van der Waals surface area contributed by atoms with E-state index in [0.29, 0.717) is 12.1 Å². The third-order valence-corrected chi connectivity index (χ3v) is 2.93. The fourth-order valence-electron chi connectivity index (χ4n) is 2.16. The highest BCUT2D eigenvalue weighted by atomic mass is 19.4. The average Bonchev–Trinajstić information content (AvgIpc) is 2.65. The first kappa shape index (κ1) is 10.3. The summed E-state index contributed by atoms with van der Waals surface area (Å²) in [7, 11) is 0. The van der Waals surface area contributed by atoms with Gasteiger partial charge in [0.15, 0.2) is 0 Å². The van der Waals surface area contributed by atoms with Gasteiger partial charge in [-0.2, -0.15) is 13.2 Å². The van der Waals surface area contributed by atoms with Gasteiger partial charge in [-0.3, -0.25) is 0 Å². The van der Waals surface area contributed by atoms with E-state index in [2.05, 4.69) is 4.98 Å². The number of pyridine rings is 1. The van der Waals surface area contributed by atoms with Gasteiger partial charge in [-0.1, -0.05) is 30.3 Å². The average molecular weight is 235 g/mol. The SMILES string of the molecule is FC(F)(F)c1ccc2c(n1)Cc1ccccc1-2. The molecule has 1 aliphatic rings. The first-order chi connectivity index (χ1) is 8.05. The Balaban J connectivity index is 2.13. The van der Waals surface area contributed by atoms with Gasteiger partial charge in [0, 0.05) is 12.0 Å². The number of rotatable bonds is 0. The fourth-order valence-corrected chi connectivity index (χ4v) is 2.16. The van der Waals surface area contributed by atoms with Crippen LogP contribution in [0.4, 0.5) is 13.2 Å². The van der Waals surface area contributed by atoms with Gasteiger partial charge in [0.05, 0.1) is 5.69 Å². The van der Waals surface area contributed by atoms with Crippen LogP contribution in [0.3, 0.4) is 0 Å². The van der Waals surface area contributed by atoms with Crippen LogP contribution >= 0.6 is 0 Å². The highest BCUT2D eigenvalue weighted by molar-refractivity contribution is 5.75. The van der Waals surface area contributed by atoms with Crippen LogP contribution in [0.5, 0.6) is 0 Å². The van der Waals surface area contributed by atoms with Crippen LogP contribution in [0.25, 0.3) is 11.1 Å². The minimum absolute atomic E-state index is 0.482. The number of alkyl halides is 3. The molecule has 1 nitrogen and oxygen atoms in total. The molecule has 1 aromatic carbocycles. The topological polar surface area (TPSA) is 12.9 Å². The molecular formula is C13H8F3N. The first-order valence-corrected chi connectivity index (χ1v) is 5.21. The van der Waals surface area contributed by atoms with Crippen molar-refractivity contribution in [2.24, 2.45) is 0 Å². The highest BCUT2D eigenvalue weighted by Gasteiger charge is 2.34. The van der Waals surface area contributed by atoms with Gasteiger partial charge < -0.3 is 0 Å². The van der Waals surface area contributed by atoms with Gasteiger partial charge in [-0.15, -0.1) is 0 Å². The summed E-state index contributed by atoms with van der Waals surface area (Å²) in [6.45, 7) is 0. The maximum absolute atomic E-state index is 12.5. The number of aromatic nitrogens is 1. The van der Waals surface area contributed by atoms with E-state index in [0.717, 1.165) is 22.8 Å². The van der Waals surface area contributed by atoms with Crippen LogP contribution in [-0.2, 0) is 12.6 Å². The Bertz CT molecular complexity index is 587. The Morgan fingerprint density at radius 1 is 0.941 bits per heavy atom. The summed E-state index contributed by atoms with van der Waals surface area (Å²) in [6.07, 6.45) is -3.89. The van der Waals surface area contributed by atoms with E-state index < -0.39 is 11.9 Å². The molecule has 4 heteroatoms. The van der Waals surface area contributed by atoms with Crippen molar-refractivity contribution in [1.82, 2.24) is 4.98 Å². The highest BCUT2D eigenvalue weighted by Crippen LogP contribution is 2.37. The number of fused-ring (bicyclic) bond motifs is 3. The molecule has 0 bridgehead atoms. The van der Waals surface area contributed by atoms with E-state index in [9.17, 15) is 13.2 Å². The summed E-state index contributed by atoms with van der Waals surface area (Å²) in [5.41, 5.74) is 2.54. The molecular weight excluding hydrogens is 227 g/mol. The van der Waals surface area contributed by atoms with Crippen LogP contribution in [-0.4, -0.2) is 4.98 Å². The largest absolute Gasteiger partial charge is 0.433 e. The van der Waals surface area contributed by atoms with Crippen molar-refractivity contribution in [1.29, 1.82) is 0 Å². The zero-order valence-corrected chi connectivity index (χ0v) is 8.75. The lowest BCUT2D eigenvalue weighted by atomic mass is 10.1. The van der Waals surface area contributed by atoms with Crippen LogP contribution in [0.15, 0.2) is 36.4 Å². The Morgan fingerprint density at radius 3 is 2.47 bits per heavy atom. The summed E-state index contributed by atoms with van der Waals surface area (Å²) in [5, 5.41) is 0. The van der Waals surface area contributed by atoms with E-state index in [1.54, 1.807) is 0 Å². The summed E-state index contributed by atoms with van der Waals surface area (Å²) >= 11 is 0. The number of nitrogens with zero attached hydrogens (tertiary/aromatic N) is 1. The standard InChI is InChI=1S/C13H8F3N/c14-13(15,16)12-6-5-10-9-4-2-1-3-8(9)7-11(10)17-12/h1-6H,7H2. The predicted octanol–water partition coefficient (Wildman–Crippen LogP) is 3.67. The lowest BCUT2D eigenvalue weighted by Crippen LogP contribution is -2.08. The van der Waals surface area contributed by atoms with Crippen molar-refractivity contribution in [3.63, 3.8) is 0 Å². The van der Waals surface area contributed by atoms with Crippen molar-refractivity contribution in [3.8, 4) is 11.1 Å². The van der Waals surface area contributed by atoms with Gasteiger partial charge in [0.25, 0.3) is 0 Å². The fraction of sp³-hybridized carbons (Fsp3) is 0.154. The Kier molecular flexibility index (Phi) is 2.02. The molecule has 0 saturated carbocycles. The molecule has 0 spiro atoms. The number of halogens is 3. The Labute approximate surface area is 95.9 Å². The van der Waals surface area contributed by atoms with Crippen LogP contribution in [0, 0.1) is 0 Å². The molecule has 0 aliphatic heterocycles. The quantitative estimate of drug-likeness (QED) is 0.579. The third kappa shape index (κ3) is 1.60. The normalized spacial score (nSPS) is 13.4. The summed E-state index contributed by atoms with van der Waals surface area (Å²) in [5.74, 6) is 0. The molecule has 0 N–H and O–H groups in total. The molecule has 86 valence electrons. The van der Waals surface area contributed by atoms with Gasteiger partial charge >= 0.3 is 6.18 Å². The second-order valence-corrected chi connectivity index (χ2v) is 4.02. The van der Waals surface area contributed by atoms with E-state index in [4.69, 9.17) is 0 Å². The van der Waals surface area contributed by atoms with Crippen LogP contribution in [0.2, 0.25) is 0 Å². The number of hydrogen-bond donors (Lipinski definition) is 0. The predicted molar refractivity (Wildman–Crippen MR) is 57.5 cm³/mol. The van der Waals surface area contributed by atoms with Gasteiger partial charge in [-0.05, 0) is 17.2 Å². The van der Waals surface area contributed by atoms with Gasteiger partial charge in [-0.25, -0.2) is 4.98 Å². The molecule has 0 amide bonds. The maximum Gasteiger partial charge on any atom is 0.433 e. The summed E-state index contributed by atoms with van der Waals surface area (Å²) in [6, 6.07) is 10.2. The smallest absolute Gasteiger partial charge is 0.247 e. The molecule has 17 heavy (non-hydrogen) atoms. The summed E-state index contributed by atoms with van der Waals surface area (Å²) < 4.78 is 37.6. The molecule has 0 unspecified atom stereocenters.